The summed E-state index contributed by atoms with van der Waals surface area (Å²) in [7, 11) is 0. The summed E-state index contributed by atoms with van der Waals surface area (Å²) in [6.45, 7) is 6.28. The minimum absolute atomic E-state index is 0.248. The van der Waals surface area contributed by atoms with Gasteiger partial charge in [0.05, 0.1) is 12.9 Å². The van der Waals surface area contributed by atoms with Crippen LogP contribution in [0.15, 0.2) is 76.0 Å². The van der Waals surface area contributed by atoms with Crippen molar-refractivity contribution >= 4 is 44.2 Å². The highest BCUT2D eigenvalue weighted by Gasteiger charge is 2.15. The number of nitrogens with zero attached hydrogens (tertiary/aromatic N) is 1. The number of pyridine rings is 1. The number of carbonyl (C=O) groups is 1. The summed E-state index contributed by atoms with van der Waals surface area (Å²) in [4.78, 5) is 16.8. The number of aryl methyl sites for hydroxylation is 1. The maximum absolute atomic E-state index is 12.6. The van der Waals surface area contributed by atoms with Gasteiger partial charge in [0.1, 0.15) is 17.2 Å². The minimum atomic E-state index is -0.248. The second-order valence-electron chi connectivity index (χ2n) is 7.47. The summed E-state index contributed by atoms with van der Waals surface area (Å²) in [6.07, 6.45) is 4.98. The first-order chi connectivity index (χ1) is 15.4. The molecule has 0 bridgehead atoms. The average molecular weight is 491 g/mol. The van der Waals surface area contributed by atoms with E-state index in [0.717, 1.165) is 43.3 Å². The number of halogens is 1. The molecule has 2 aromatic heterocycles. The molecule has 0 saturated heterocycles. The van der Waals surface area contributed by atoms with Crippen LogP contribution in [0.3, 0.4) is 0 Å². The Morgan fingerprint density at radius 3 is 2.81 bits per heavy atom. The molecule has 5 nitrogen and oxygen atoms in total. The van der Waals surface area contributed by atoms with Crippen LogP contribution in [0.1, 0.15) is 25.0 Å². The lowest BCUT2D eigenvalue weighted by Crippen LogP contribution is -2.10. The number of hydrogen-bond donors (Lipinski definition) is 1. The van der Waals surface area contributed by atoms with Crippen molar-refractivity contribution in [1.29, 1.82) is 0 Å². The first kappa shape index (κ1) is 21.8. The van der Waals surface area contributed by atoms with Crippen molar-refractivity contribution in [3.8, 4) is 16.9 Å². The van der Waals surface area contributed by atoms with E-state index in [2.05, 4.69) is 26.2 Å². The van der Waals surface area contributed by atoms with Gasteiger partial charge in [-0.05, 0) is 67.8 Å². The average Bonchev–Trinajstić information content (AvgIpc) is 3.16. The number of benzene rings is 2. The highest BCUT2D eigenvalue weighted by Crippen LogP contribution is 2.38. The molecule has 0 radical (unpaired) electrons. The molecule has 0 fully saturated rings. The Morgan fingerprint density at radius 2 is 2.06 bits per heavy atom. The number of furan rings is 1. The Labute approximate surface area is 195 Å². The SMILES string of the molecule is CCOc1cc2occ(-c3cccc(Br)c3)c2cc1/C(C)=C/C(=O)Nc1cc(C)ccn1. The van der Waals surface area contributed by atoms with E-state index < -0.39 is 0 Å². The molecular weight excluding hydrogens is 468 g/mol. The van der Waals surface area contributed by atoms with E-state index in [-0.39, 0.29) is 5.91 Å². The lowest BCUT2D eigenvalue weighted by molar-refractivity contribution is -0.111. The minimum Gasteiger partial charge on any atom is -0.493 e. The van der Waals surface area contributed by atoms with Gasteiger partial charge >= 0.3 is 0 Å². The molecule has 1 amide bonds. The molecule has 0 aliphatic heterocycles. The number of nitrogens with one attached hydrogen (secondary N) is 1. The highest BCUT2D eigenvalue weighted by atomic mass is 79.9. The third-order valence-electron chi connectivity index (χ3n) is 5.05. The molecule has 0 saturated carbocycles. The first-order valence-electron chi connectivity index (χ1n) is 10.3. The maximum Gasteiger partial charge on any atom is 0.249 e. The molecule has 0 aliphatic rings. The van der Waals surface area contributed by atoms with Gasteiger partial charge in [-0.25, -0.2) is 4.98 Å². The molecular formula is C26H23BrN2O3. The normalized spacial score (nSPS) is 11.6. The lowest BCUT2D eigenvalue weighted by Gasteiger charge is -2.12. The summed E-state index contributed by atoms with van der Waals surface area (Å²) < 4.78 is 12.7. The number of hydrogen-bond acceptors (Lipinski definition) is 4. The van der Waals surface area contributed by atoms with E-state index in [9.17, 15) is 4.79 Å². The van der Waals surface area contributed by atoms with Crippen molar-refractivity contribution in [1.82, 2.24) is 4.98 Å². The number of rotatable bonds is 6. The van der Waals surface area contributed by atoms with Gasteiger partial charge in [-0.2, -0.15) is 0 Å². The molecule has 4 rings (SSSR count). The quantitative estimate of drug-likeness (QED) is 0.295. The second kappa shape index (κ2) is 9.40. The van der Waals surface area contributed by atoms with Crippen LogP contribution >= 0.6 is 15.9 Å². The molecule has 6 heteroatoms. The van der Waals surface area contributed by atoms with Crippen LogP contribution in [-0.2, 0) is 4.79 Å². The summed E-state index contributed by atoms with van der Waals surface area (Å²) in [6, 6.07) is 15.7. The number of allylic oxidation sites excluding steroid dienone is 1. The van der Waals surface area contributed by atoms with E-state index in [1.165, 1.54) is 0 Å². The van der Waals surface area contributed by atoms with Gasteiger partial charge in [0.15, 0.2) is 0 Å². The molecule has 2 aromatic carbocycles. The third kappa shape index (κ3) is 4.75. The zero-order chi connectivity index (χ0) is 22.7. The summed E-state index contributed by atoms with van der Waals surface area (Å²) in [5.41, 5.74) is 5.39. The number of ether oxygens (including phenoxy) is 1. The van der Waals surface area contributed by atoms with Gasteiger partial charge < -0.3 is 14.5 Å². The number of amides is 1. The molecule has 32 heavy (non-hydrogen) atoms. The highest BCUT2D eigenvalue weighted by molar-refractivity contribution is 9.10. The van der Waals surface area contributed by atoms with Gasteiger partial charge in [-0.1, -0.05) is 28.1 Å². The van der Waals surface area contributed by atoms with Crippen molar-refractivity contribution in [2.45, 2.75) is 20.8 Å². The van der Waals surface area contributed by atoms with Gasteiger partial charge in [0, 0.05) is 39.3 Å². The Balaban J connectivity index is 1.73. The molecule has 1 N–H and O–H groups in total. The number of anilines is 1. The number of fused-ring (bicyclic) bond motifs is 1. The topological polar surface area (TPSA) is 64.4 Å². The van der Waals surface area contributed by atoms with Gasteiger partial charge in [-0.15, -0.1) is 0 Å². The van der Waals surface area contributed by atoms with Crippen molar-refractivity contribution in [3.05, 3.63) is 82.7 Å². The molecule has 4 aromatic rings. The smallest absolute Gasteiger partial charge is 0.249 e. The fourth-order valence-electron chi connectivity index (χ4n) is 3.56. The Bertz CT molecular complexity index is 1320. The summed E-state index contributed by atoms with van der Waals surface area (Å²) in [5, 5.41) is 3.77. The summed E-state index contributed by atoms with van der Waals surface area (Å²) >= 11 is 3.53. The Kier molecular flexibility index (Phi) is 6.42. The summed E-state index contributed by atoms with van der Waals surface area (Å²) in [5.74, 6) is 0.944. The van der Waals surface area contributed by atoms with E-state index >= 15 is 0 Å². The maximum atomic E-state index is 12.6. The Morgan fingerprint density at radius 1 is 1.22 bits per heavy atom. The second-order valence-corrected chi connectivity index (χ2v) is 8.39. The van der Waals surface area contributed by atoms with Crippen LogP contribution in [0, 0.1) is 6.92 Å². The van der Waals surface area contributed by atoms with E-state index in [1.54, 1.807) is 18.5 Å². The molecule has 0 atom stereocenters. The molecule has 0 spiro atoms. The monoisotopic (exact) mass is 490 g/mol. The number of carbonyl (C=O) groups excluding carboxylic acids is 1. The molecule has 162 valence electrons. The van der Waals surface area contributed by atoms with Crippen LogP contribution < -0.4 is 10.1 Å². The lowest BCUT2D eigenvalue weighted by atomic mass is 9.99. The predicted molar refractivity (Wildman–Crippen MR) is 132 cm³/mol. The van der Waals surface area contributed by atoms with E-state index in [0.29, 0.717) is 18.2 Å². The van der Waals surface area contributed by atoms with Gasteiger partial charge in [-0.3, -0.25) is 4.79 Å². The Hall–Kier alpha value is -3.38. The van der Waals surface area contributed by atoms with Crippen LogP contribution in [-0.4, -0.2) is 17.5 Å². The van der Waals surface area contributed by atoms with E-state index in [1.807, 2.05) is 69.3 Å². The zero-order valence-electron chi connectivity index (χ0n) is 18.1. The van der Waals surface area contributed by atoms with Crippen LogP contribution in [0.5, 0.6) is 5.75 Å². The van der Waals surface area contributed by atoms with Crippen LogP contribution in [0.2, 0.25) is 0 Å². The van der Waals surface area contributed by atoms with Crippen LogP contribution in [0.4, 0.5) is 5.82 Å². The molecule has 0 unspecified atom stereocenters. The third-order valence-corrected chi connectivity index (χ3v) is 5.54. The zero-order valence-corrected chi connectivity index (χ0v) is 19.7. The van der Waals surface area contributed by atoms with Crippen molar-refractivity contribution in [2.24, 2.45) is 0 Å². The molecule has 0 aliphatic carbocycles. The fraction of sp³-hybridized carbons (Fsp3) is 0.154. The fourth-order valence-corrected chi connectivity index (χ4v) is 3.96. The van der Waals surface area contributed by atoms with Crippen molar-refractivity contribution < 1.29 is 13.9 Å². The molecule has 2 heterocycles. The van der Waals surface area contributed by atoms with Gasteiger partial charge in [0.25, 0.3) is 0 Å². The van der Waals surface area contributed by atoms with Crippen LogP contribution in [0.25, 0.3) is 27.7 Å². The first-order valence-corrected chi connectivity index (χ1v) is 11.1. The van der Waals surface area contributed by atoms with Crippen molar-refractivity contribution in [2.75, 3.05) is 11.9 Å². The van der Waals surface area contributed by atoms with E-state index in [4.69, 9.17) is 9.15 Å². The largest absolute Gasteiger partial charge is 0.493 e. The number of aromatic nitrogens is 1. The van der Waals surface area contributed by atoms with Gasteiger partial charge in [0.2, 0.25) is 5.91 Å². The standard InChI is InChI=1S/C26H23BrN2O3/c1-4-31-23-14-24-21(22(15-32-24)18-6-5-7-19(27)12-18)13-20(23)17(3)11-26(30)29-25-10-16(2)8-9-28-25/h5-15H,4H2,1-3H3,(H,28,29,30)/b17-11+. The predicted octanol–water partition coefficient (Wildman–Crippen LogP) is 7.01. The van der Waals surface area contributed by atoms with Crippen molar-refractivity contribution in [3.63, 3.8) is 0 Å².